The first-order chi connectivity index (χ1) is 6.88. The predicted octanol–water partition coefficient (Wildman–Crippen LogP) is 2.84. The zero-order valence-corrected chi connectivity index (χ0v) is 8.11. The molecule has 0 amide bonds. The van der Waals surface area contributed by atoms with Crippen LogP contribution in [0.4, 0.5) is 0 Å². The summed E-state index contributed by atoms with van der Waals surface area (Å²) < 4.78 is 11.0. The quantitative estimate of drug-likeness (QED) is 0.729. The Hall–Kier alpha value is -1.28. The first-order valence-electron chi connectivity index (χ1n) is 4.89. The van der Waals surface area contributed by atoms with E-state index in [9.17, 15) is 0 Å². The normalized spacial score (nSPS) is 20.7. The Kier molecular flexibility index (Phi) is 2.84. The number of benzene rings is 1. The highest BCUT2D eigenvalue weighted by Gasteiger charge is 2.16. The minimum absolute atomic E-state index is 0.0513. The first kappa shape index (κ1) is 9.28. The average molecular weight is 190 g/mol. The molecule has 1 aromatic rings. The van der Waals surface area contributed by atoms with Gasteiger partial charge >= 0.3 is 0 Å². The van der Waals surface area contributed by atoms with Gasteiger partial charge in [-0.2, -0.15) is 0 Å². The summed E-state index contributed by atoms with van der Waals surface area (Å²) >= 11 is 0. The van der Waals surface area contributed by atoms with Crippen LogP contribution < -0.4 is 4.74 Å². The first-order valence-corrected chi connectivity index (χ1v) is 4.89. The maximum Gasteiger partial charge on any atom is 0.199 e. The summed E-state index contributed by atoms with van der Waals surface area (Å²) in [5.74, 6) is 0.863. The summed E-state index contributed by atoms with van der Waals surface area (Å²) in [6, 6.07) is 7.85. The zero-order valence-electron chi connectivity index (χ0n) is 8.11. The molecule has 2 heteroatoms. The summed E-state index contributed by atoms with van der Waals surface area (Å²) in [5, 5.41) is 0. The third-order valence-corrected chi connectivity index (χ3v) is 2.27. The lowest BCUT2D eigenvalue weighted by Crippen LogP contribution is -2.13. The molecule has 0 saturated carbocycles. The van der Waals surface area contributed by atoms with Crippen molar-refractivity contribution in [2.45, 2.75) is 19.1 Å². The number of ether oxygens (including phenoxy) is 2. The molecule has 1 saturated heterocycles. The van der Waals surface area contributed by atoms with Gasteiger partial charge in [0.05, 0.1) is 6.61 Å². The van der Waals surface area contributed by atoms with E-state index in [1.54, 1.807) is 0 Å². The Morgan fingerprint density at radius 3 is 2.71 bits per heavy atom. The van der Waals surface area contributed by atoms with Crippen LogP contribution in [0.25, 0.3) is 6.08 Å². The summed E-state index contributed by atoms with van der Waals surface area (Å²) in [7, 11) is 0. The van der Waals surface area contributed by atoms with Crippen molar-refractivity contribution in [3.8, 4) is 5.75 Å². The van der Waals surface area contributed by atoms with Gasteiger partial charge in [-0.25, -0.2) is 0 Å². The van der Waals surface area contributed by atoms with Crippen molar-refractivity contribution in [1.29, 1.82) is 0 Å². The van der Waals surface area contributed by atoms with Crippen LogP contribution >= 0.6 is 0 Å². The van der Waals surface area contributed by atoms with Gasteiger partial charge in [-0.1, -0.05) is 24.8 Å². The Bertz CT molecular complexity index is 297. The standard InChI is InChI=1S/C12H14O2/c1-2-10-5-7-11(8-6-10)14-12-4-3-9-13-12/h2,5-8,12H,1,3-4,9H2. The molecular formula is C12H14O2. The Morgan fingerprint density at radius 2 is 2.14 bits per heavy atom. The highest BCUT2D eigenvalue weighted by molar-refractivity contribution is 5.48. The maximum atomic E-state index is 5.62. The molecular weight excluding hydrogens is 176 g/mol. The minimum atomic E-state index is -0.0513. The van der Waals surface area contributed by atoms with Crippen molar-refractivity contribution in [3.05, 3.63) is 36.4 Å². The van der Waals surface area contributed by atoms with Gasteiger partial charge in [0, 0.05) is 6.42 Å². The maximum absolute atomic E-state index is 5.62. The second kappa shape index (κ2) is 4.29. The number of rotatable bonds is 3. The van der Waals surface area contributed by atoms with Crippen molar-refractivity contribution in [2.75, 3.05) is 6.61 Å². The van der Waals surface area contributed by atoms with Gasteiger partial charge in [0.2, 0.25) is 0 Å². The lowest BCUT2D eigenvalue weighted by molar-refractivity contribution is -0.0390. The molecule has 2 nitrogen and oxygen atoms in total. The fraction of sp³-hybridized carbons (Fsp3) is 0.333. The fourth-order valence-electron chi connectivity index (χ4n) is 1.48. The molecule has 1 aromatic carbocycles. The second-order valence-corrected chi connectivity index (χ2v) is 3.33. The molecule has 0 spiro atoms. The Balaban J connectivity index is 1.98. The van der Waals surface area contributed by atoms with Gasteiger partial charge in [0.1, 0.15) is 5.75 Å². The molecule has 74 valence electrons. The third-order valence-electron chi connectivity index (χ3n) is 2.27. The van der Waals surface area contributed by atoms with E-state index in [0.29, 0.717) is 0 Å². The molecule has 1 atom stereocenters. The van der Waals surface area contributed by atoms with Crippen LogP contribution in [0, 0.1) is 0 Å². The molecule has 2 rings (SSSR count). The highest BCUT2D eigenvalue weighted by Crippen LogP contribution is 2.19. The molecule has 1 aliphatic rings. The Morgan fingerprint density at radius 1 is 1.36 bits per heavy atom. The largest absolute Gasteiger partial charge is 0.465 e. The van der Waals surface area contributed by atoms with Gasteiger partial charge in [-0.05, 0) is 24.1 Å². The van der Waals surface area contributed by atoms with Crippen LogP contribution in [0.3, 0.4) is 0 Å². The minimum Gasteiger partial charge on any atom is -0.465 e. The van der Waals surface area contributed by atoms with Crippen LogP contribution in [-0.4, -0.2) is 12.9 Å². The van der Waals surface area contributed by atoms with E-state index in [1.165, 1.54) is 0 Å². The van der Waals surface area contributed by atoms with Crippen LogP contribution in [0.1, 0.15) is 18.4 Å². The molecule has 0 bridgehead atoms. The van der Waals surface area contributed by atoms with E-state index < -0.39 is 0 Å². The molecule has 0 aromatic heterocycles. The van der Waals surface area contributed by atoms with Gasteiger partial charge in [-0.3, -0.25) is 0 Å². The van der Waals surface area contributed by atoms with Crippen LogP contribution in [0.5, 0.6) is 5.75 Å². The lowest BCUT2D eigenvalue weighted by atomic mass is 10.2. The summed E-state index contributed by atoms with van der Waals surface area (Å²) in [6.07, 6.45) is 3.85. The molecule has 1 heterocycles. The van der Waals surface area contributed by atoms with Crippen molar-refractivity contribution >= 4 is 6.08 Å². The monoisotopic (exact) mass is 190 g/mol. The van der Waals surface area contributed by atoms with Gasteiger partial charge < -0.3 is 9.47 Å². The third kappa shape index (κ3) is 2.15. The van der Waals surface area contributed by atoms with Crippen molar-refractivity contribution in [1.82, 2.24) is 0 Å². The van der Waals surface area contributed by atoms with Crippen molar-refractivity contribution in [2.24, 2.45) is 0 Å². The molecule has 1 aliphatic heterocycles. The summed E-state index contributed by atoms with van der Waals surface area (Å²) in [5.41, 5.74) is 1.10. The van der Waals surface area contributed by atoms with E-state index >= 15 is 0 Å². The van der Waals surface area contributed by atoms with Gasteiger partial charge in [-0.15, -0.1) is 0 Å². The molecule has 0 radical (unpaired) electrons. The fourth-order valence-corrected chi connectivity index (χ4v) is 1.48. The zero-order chi connectivity index (χ0) is 9.80. The molecule has 14 heavy (non-hydrogen) atoms. The van der Waals surface area contributed by atoms with Crippen molar-refractivity contribution in [3.63, 3.8) is 0 Å². The van der Waals surface area contributed by atoms with Gasteiger partial charge in [0.25, 0.3) is 0 Å². The molecule has 1 unspecified atom stereocenters. The van der Waals surface area contributed by atoms with Crippen LogP contribution in [0.2, 0.25) is 0 Å². The van der Waals surface area contributed by atoms with Crippen LogP contribution in [-0.2, 0) is 4.74 Å². The predicted molar refractivity (Wildman–Crippen MR) is 56.1 cm³/mol. The smallest absolute Gasteiger partial charge is 0.199 e. The number of hydrogen-bond acceptors (Lipinski definition) is 2. The van der Waals surface area contributed by atoms with E-state index in [0.717, 1.165) is 30.8 Å². The van der Waals surface area contributed by atoms with E-state index in [2.05, 4.69) is 6.58 Å². The van der Waals surface area contributed by atoms with E-state index in [1.807, 2.05) is 30.3 Å². The Labute approximate surface area is 84.2 Å². The molecule has 0 aliphatic carbocycles. The van der Waals surface area contributed by atoms with E-state index in [4.69, 9.17) is 9.47 Å². The summed E-state index contributed by atoms with van der Waals surface area (Å²) in [6.45, 7) is 4.51. The number of hydrogen-bond donors (Lipinski definition) is 0. The topological polar surface area (TPSA) is 18.5 Å². The lowest BCUT2D eigenvalue weighted by Gasteiger charge is -2.12. The van der Waals surface area contributed by atoms with E-state index in [-0.39, 0.29) is 6.29 Å². The van der Waals surface area contributed by atoms with Crippen molar-refractivity contribution < 1.29 is 9.47 Å². The SMILES string of the molecule is C=Cc1ccc(OC2CCCO2)cc1. The highest BCUT2D eigenvalue weighted by atomic mass is 16.7. The van der Waals surface area contributed by atoms with Crippen LogP contribution in [0.15, 0.2) is 30.8 Å². The molecule has 0 N–H and O–H groups in total. The second-order valence-electron chi connectivity index (χ2n) is 3.33. The molecule has 1 fully saturated rings. The summed E-state index contributed by atoms with van der Waals surface area (Å²) in [4.78, 5) is 0. The van der Waals surface area contributed by atoms with Gasteiger partial charge in [0.15, 0.2) is 6.29 Å². The average Bonchev–Trinajstić information content (AvgIpc) is 2.72.